The number of halogens is 8. The van der Waals surface area contributed by atoms with E-state index in [1.54, 1.807) is 13.0 Å². The molecule has 0 atom stereocenters. The van der Waals surface area contributed by atoms with Crippen LogP contribution in [-0.4, -0.2) is 6.18 Å². The predicted molar refractivity (Wildman–Crippen MR) is 105 cm³/mol. The van der Waals surface area contributed by atoms with Gasteiger partial charge in [0, 0.05) is 22.8 Å². The summed E-state index contributed by atoms with van der Waals surface area (Å²) in [6.45, 7) is 1.67. The second-order valence-electron chi connectivity index (χ2n) is 7.25. The number of hydrogen-bond donors (Lipinski definition) is 0. The zero-order chi connectivity index (χ0) is 23.6. The molecule has 0 amide bonds. The van der Waals surface area contributed by atoms with Gasteiger partial charge in [0.15, 0.2) is 0 Å². The summed E-state index contributed by atoms with van der Waals surface area (Å²) in [7, 11) is 0. The van der Waals surface area contributed by atoms with Crippen molar-refractivity contribution >= 4 is 6.08 Å². The number of hydrogen-bond acceptors (Lipinski definition) is 0. The molecule has 3 rings (SSSR count). The van der Waals surface area contributed by atoms with E-state index < -0.39 is 40.8 Å². The Balaban J connectivity index is 1.82. The van der Waals surface area contributed by atoms with Crippen molar-refractivity contribution in [1.29, 1.82) is 0 Å². The molecule has 0 aromatic heterocycles. The maximum atomic E-state index is 14.5. The van der Waals surface area contributed by atoms with E-state index in [2.05, 4.69) is 0 Å². The number of alkyl halides is 3. The molecular formula is C24H16F8. The van der Waals surface area contributed by atoms with E-state index in [9.17, 15) is 35.1 Å². The van der Waals surface area contributed by atoms with E-state index in [0.717, 1.165) is 24.3 Å². The molecule has 0 radical (unpaired) electrons. The highest BCUT2D eigenvalue weighted by Crippen LogP contribution is 2.28. The van der Waals surface area contributed by atoms with Crippen LogP contribution in [0, 0.1) is 36.0 Å². The average Bonchev–Trinajstić information content (AvgIpc) is 2.65. The van der Waals surface area contributed by atoms with Crippen LogP contribution in [0.15, 0.2) is 48.5 Å². The molecule has 32 heavy (non-hydrogen) atoms. The lowest BCUT2D eigenvalue weighted by Crippen LogP contribution is -2.03. The first-order chi connectivity index (χ1) is 14.9. The first-order valence-electron chi connectivity index (χ1n) is 9.43. The lowest BCUT2D eigenvalue weighted by molar-refractivity contribution is -0.0790. The molecule has 0 N–H and O–H groups in total. The van der Waals surface area contributed by atoms with Gasteiger partial charge in [-0.2, -0.15) is 13.2 Å². The van der Waals surface area contributed by atoms with E-state index in [0.29, 0.717) is 5.56 Å². The smallest absolute Gasteiger partial charge is 0.207 e. The Morgan fingerprint density at radius 2 is 1.31 bits per heavy atom. The van der Waals surface area contributed by atoms with Crippen molar-refractivity contribution < 1.29 is 35.1 Å². The Kier molecular flexibility index (Phi) is 6.71. The largest absolute Gasteiger partial charge is 0.409 e. The second-order valence-corrected chi connectivity index (χ2v) is 7.25. The van der Waals surface area contributed by atoms with Crippen molar-refractivity contribution in [3.8, 4) is 11.1 Å². The van der Waals surface area contributed by atoms with Crippen LogP contribution in [-0.2, 0) is 12.8 Å². The van der Waals surface area contributed by atoms with E-state index in [-0.39, 0.29) is 47.2 Å². The van der Waals surface area contributed by atoms with Crippen LogP contribution in [0.4, 0.5) is 35.1 Å². The van der Waals surface area contributed by atoms with Crippen LogP contribution < -0.4 is 0 Å². The van der Waals surface area contributed by atoms with Crippen LogP contribution in [0.25, 0.3) is 17.2 Å². The third-order valence-corrected chi connectivity index (χ3v) is 4.82. The van der Waals surface area contributed by atoms with Crippen molar-refractivity contribution in [3.05, 3.63) is 99.9 Å². The minimum atomic E-state index is -4.74. The molecule has 0 fully saturated rings. The summed E-state index contributed by atoms with van der Waals surface area (Å²) in [6, 6.07) is 7.79. The summed E-state index contributed by atoms with van der Waals surface area (Å²) >= 11 is 0. The normalized spacial score (nSPS) is 12.0. The zero-order valence-corrected chi connectivity index (χ0v) is 16.6. The Morgan fingerprint density at radius 3 is 1.84 bits per heavy atom. The molecule has 0 aliphatic heterocycles. The molecular weight excluding hydrogens is 440 g/mol. The van der Waals surface area contributed by atoms with Crippen LogP contribution in [0.5, 0.6) is 0 Å². The zero-order valence-electron chi connectivity index (χ0n) is 16.6. The molecule has 0 aliphatic rings. The molecule has 0 aliphatic carbocycles. The summed E-state index contributed by atoms with van der Waals surface area (Å²) in [5, 5.41) is 0. The highest BCUT2D eigenvalue weighted by Gasteiger charge is 2.23. The highest BCUT2D eigenvalue weighted by molar-refractivity contribution is 5.65. The lowest BCUT2D eigenvalue weighted by Gasteiger charge is -2.11. The summed E-state index contributed by atoms with van der Waals surface area (Å²) in [4.78, 5) is 0. The number of rotatable bonds is 5. The van der Waals surface area contributed by atoms with Gasteiger partial charge in [0.2, 0.25) is 0 Å². The van der Waals surface area contributed by atoms with Crippen LogP contribution >= 0.6 is 0 Å². The van der Waals surface area contributed by atoms with E-state index >= 15 is 0 Å². The fourth-order valence-electron chi connectivity index (χ4n) is 3.24. The van der Waals surface area contributed by atoms with Gasteiger partial charge in [-0.15, -0.1) is 0 Å². The first kappa shape index (κ1) is 23.5. The van der Waals surface area contributed by atoms with Crippen molar-refractivity contribution in [2.24, 2.45) is 0 Å². The van der Waals surface area contributed by atoms with E-state index in [4.69, 9.17) is 0 Å². The molecule has 0 heterocycles. The molecule has 0 unspecified atom stereocenters. The Bertz CT molecular complexity index is 1130. The Labute approximate surface area is 178 Å². The van der Waals surface area contributed by atoms with Crippen molar-refractivity contribution in [3.63, 3.8) is 0 Å². The topological polar surface area (TPSA) is 0 Å². The standard InChI is InChI=1S/C24H16F8/c1-13-2-4-16(19(25)8-13)15-11-22(28)17(23(29)12-15)5-3-14-9-20(26)18(21(27)10-14)6-7-24(30,31)32/h2,4,6-12H,3,5H2,1H3/b7-6+. The minimum absolute atomic E-state index is 0.000793. The average molecular weight is 456 g/mol. The molecule has 0 saturated heterocycles. The molecule has 0 saturated carbocycles. The highest BCUT2D eigenvalue weighted by atomic mass is 19.4. The van der Waals surface area contributed by atoms with Gasteiger partial charge in [-0.25, -0.2) is 22.0 Å². The Morgan fingerprint density at radius 1 is 0.719 bits per heavy atom. The number of aryl methyl sites for hydroxylation is 2. The minimum Gasteiger partial charge on any atom is -0.207 e. The van der Waals surface area contributed by atoms with Crippen LogP contribution in [0.2, 0.25) is 0 Å². The van der Waals surface area contributed by atoms with E-state index in [1.807, 2.05) is 0 Å². The van der Waals surface area contributed by atoms with Gasteiger partial charge in [-0.3, -0.25) is 0 Å². The quantitative estimate of drug-likeness (QED) is 0.345. The number of allylic oxidation sites excluding steroid dienone is 1. The molecule has 3 aromatic carbocycles. The SMILES string of the molecule is Cc1ccc(-c2cc(F)c(CCc3cc(F)c(/C=C/C(F)(F)F)c(F)c3)c(F)c2)c(F)c1. The predicted octanol–water partition coefficient (Wildman–Crippen LogP) is 7.72. The van der Waals surface area contributed by atoms with Gasteiger partial charge in [-0.05, 0) is 72.9 Å². The van der Waals surface area contributed by atoms with Gasteiger partial charge < -0.3 is 0 Å². The van der Waals surface area contributed by atoms with Gasteiger partial charge in [-0.1, -0.05) is 12.1 Å². The summed E-state index contributed by atoms with van der Waals surface area (Å²) in [5.74, 6) is -5.00. The van der Waals surface area contributed by atoms with Crippen molar-refractivity contribution in [2.45, 2.75) is 25.9 Å². The van der Waals surface area contributed by atoms with Crippen molar-refractivity contribution in [2.75, 3.05) is 0 Å². The molecule has 3 aromatic rings. The van der Waals surface area contributed by atoms with Gasteiger partial charge in [0.05, 0.1) is 0 Å². The summed E-state index contributed by atoms with van der Waals surface area (Å²) < 4.78 is 108. The van der Waals surface area contributed by atoms with E-state index in [1.165, 1.54) is 12.1 Å². The third-order valence-electron chi connectivity index (χ3n) is 4.82. The fraction of sp³-hybridized carbons (Fsp3) is 0.167. The summed E-state index contributed by atoms with van der Waals surface area (Å²) in [5.41, 5.74) is -0.554. The third kappa shape index (κ3) is 5.55. The molecule has 0 spiro atoms. The maximum Gasteiger partial charge on any atom is 0.409 e. The maximum absolute atomic E-state index is 14.5. The van der Waals surface area contributed by atoms with Crippen molar-refractivity contribution in [1.82, 2.24) is 0 Å². The molecule has 168 valence electrons. The molecule has 8 heteroatoms. The monoisotopic (exact) mass is 456 g/mol. The fourth-order valence-corrected chi connectivity index (χ4v) is 3.24. The Hall–Kier alpha value is -3.16. The van der Waals surface area contributed by atoms with Gasteiger partial charge in [0.1, 0.15) is 29.1 Å². The van der Waals surface area contributed by atoms with Gasteiger partial charge >= 0.3 is 6.18 Å². The summed E-state index contributed by atoms with van der Waals surface area (Å²) in [6.07, 6.45) is -5.21. The van der Waals surface area contributed by atoms with Crippen LogP contribution in [0.1, 0.15) is 22.3 Å². The lowest BCUT2D eigenvalue weighted by atomic mass is 9.97. The molecule has 0 nitrogen and oxygen atoms in total. The molecule has 0 bridgehead atoms. The first-order valence-corrected chi connectivity index (χ1v) is 9.43. The second kappa shape index (κ2) is 9.14. The van der Waals surface area contributed by atoms with Crippen LogP contribution in [0.3, 0.4) is 0 Å². The van der Waals surface area contributed by atoms with Gasteiger partial charge in [0.25, 0.3) is 0 Å². The number of benzene rings is 3.